The van der Waals surface area contributed by atoms with Gasteiger partial charge in [-0.3, -0.25) is 0 Å². The van der Waals surface area contributed by atoms with Crippen molar-refractivity contribution in [3.63, 3.8) is 0 Å². The van der Waals surface area contributed by atoms with Crippen LogP contribution in [0.5, 0.6) is 0 Å². The van der Waals surface area contributed by atoms with Crippen molar-refractivity contribution >= 4 is 87.2 Å². The number of fused-ring (bicyclic) bond motifs is 12. The predicted octanol–water partition coefficient (Wildman–Crippen LogP) is 19.5. The Morgan fingerprint density at radius 1 is 0.207 bits per heavy atom. The zero-order valence-corrected chi connectivity index (χ0v) is 44.4. The fourth-order valence-corrected chi connectivity index (χ4v) is 13.1. The smallest absolute Gasteiger partial charge is 0.160 e. The minimum Gasteiger partial charge on any atom is -0.309 e. The highest BCUT2D eigenvalue weighted by molar-refractivity contribution is 6.21. The summed E-state index contributed by atoms with van der Waals surface area (Å²) < 4.78 is 9.78. The first-order chi connectivity index (χ1) is 40.7. The topological polar surface area (TPSA) is 45.5 Å². The molecule has 0 unspecified atom stereocenters. The Hall–Kier alpha value is -11.1. The van der Waals surface area contributed by atoms with Gasteiger partial charge >= 0.3 is 0 Å². The number of nitrogens with zero attached hydrogens (tertiary/aromatic N) is 6. The second kappa shape index (κ2) is 18.2. The Labute approximate surface area is 471 Å². The molecule has 0 fully saturated rings. The van der Waals surface area contributed by atoms with Crippen LogP contribution in [0.15, 0.2) is 291 Å². The Kier molecular flexibility index (Phi) is 10.2. The molecule has 5 aromatic heterocycles. The average Bonchev–Trinajstić information content (AvgIpc) is 3.06. The quantitative estimate of drug-likeness (QED) is 0.152. The van der Waals surface area contributed by atoms with Gasteiger partial charge in [0.05, 0.1) is 61.2 Å². The summed E-state index contributed by atoms with van der Waals surface area (Å²) in [6, 6.07) is 105. The van der Waals surface area contributed by atoms with Crippen molar-refractivity contribution in [1.29, 1.82) is 0 Å². The molecule has 0 amide bonds. The van der Waals surface area contributed by atoms with Gasteiger partial charge in [0, 0.05) is 82.4 Å². The molecule has 0 radical (unpaired) electrons. The van der Waals surface area contributed by atoms with Crippen molar-refractivity contribution in [2.24, 2.45) is 0 Å². The molecule has 0 spiro atoms. The van der Waals surface area contributed by atoms with Gasteiger partial charge in [-0.2, -0.15) is 0 Å². The fraction of sp³-hybridized carbons (Fsp3) is 0. The van der Waals surface area contributed by atoms with Crippen LogP contribution in [0.25, 0.3) is 155 Å². The number of benzene rings is 12. The van der Waals surface area contributed by atoms with Crippen LogP contribution in [-0.2, 0) is 0 Å². The summed E-state index contributed by atoms with van der Waals surface area (Å²) in [5, 5.41) is 9.70. The molecule has 0 saturated carbocycles. The zero-order chi connectivity index (χ0) is 53.8. The molecule has 0 aliphatic rings. The molecule has 0 aliphatic carbocycles. The summed E-state index contributed by atoms with van der Waals surface area (Å²) in [5.41, 5.74) is 20.4. The highest BCUT2D eigenvalue weighted by atomic mass is 15.0. The molecule has 6 heteroatoms. The standard InChI is InChI=1S/C76H48N6/c1-5-22-49(23-6-1)65-46-66(50-24-7-2-8-25-50)78-76(77-65)52-40-41-71(82-70-39-20-16-35-59(70)64-45-62-57-33-14-18-37-68(57)80(73(62)48-75(64)82)54-29-11-4-12-30-54)60(43-52)51-26-21-31-55(42-51)81-69-38-19-15-34-58(69)63-44-61-56-32-13-17-36-67(56)79(72(61)47-74(63)81)53-27-9-3-10-28-53/h1-48H. The Morgan fingerprint density at radius 3 is 1.04 bits per heavy atom. The van der Waals surface area contributed by atoms with Gasteiger partial charge < -0.3 is 18.3 Å². The van der Waals surface area contributed by atoms with Gasteiger partial charge in [0.25, 0.3) is 0 Å². The van der Waals surface area contributed by atoms with E-state index in [1.54, 1.807) is 0 Å². The van der Waals surface area contributed by atoms with Crippen LogP contribution in [0, 0.1) is 0 Å². The molecule has 17 aromatic rings. The van der Waals surface area contributed by atoms with E-state index in [1.165, 1.54) is 54.1 Å². The molecule has 0 saturated heterocycles. The van der Waals surface area contributed by atoms with E-state index in [2.05, 4.69) is 297 Å². The van der Waals surface area contributed by atoms with Crippen molar-refractivity contribution in [1.82, 2.24) is 28.2 Å². The minimum absolute atomic E-state index is 0.653. The number of para-hydroxylation sites is 6. The fourth-order valence-electron chi connectivity index (χ4n) is 13.1. The van der Waals surface area contributed by atoms with E-state index >= 15 is 0 Å². The summed E-state index contributed by atoms with van der Waals surface area (Å²) in [5.74, 6) is 0.653. The molecule has 5 heterocycles. The van der Waals surface area contributed by atoms with Crippen LogP contribution in [0.4, 0.5) is 0 Å². The molecular formula is C76H48N6. The third kappa shape index (κ3) is 7.08. The van der Waals surface area contributed by atoms with Gasteiger partial charge in [-0.1, -0.05) is 182 Å². The predicted molar refractivity (Wildman–Crippen MR) is 341 cm³/mol. The van der Waals surface area contributed by atoms with E-state index in [-0.39, 0.29) is 0 Å². The van der Waals surface area contributed by atoms with Crippen LogP contribution >= 0.6 is 0 Å². The molecule has 82 heavy (non-hydrogen) atoms. The molecule has 382 valence electrons. The third-order valence-corrected chi connectivity index (χ3v) is 16.7. The first-order valence-corrected chi connectivity index (χ1v) is 28.0. The second-order valence-electron chi connectivity index (χ2n) is 21.3. The maximum absolute atomic E-state index is 5.39. The largest absolute Gasteiger partial charge is 0.309 e. The molecule has 0 N–H and O–H groups in total. The molecule has 0 atom stereocenters. The Morgan fingerprint density at radius 2 is 0.573 bits per heavy atom. The minimum atomic E-state index is 0.653. The highest BCUT2D eigenvalue weighted by Crippen LogP contribution is 2.45. The van der Waals surface area contributed by atoms with E-state index in [0.717, 1.165) is 95.1 Å². The first-order valence-electron chi connectivity index (χ1n) is 28.0. The molecule has 0 aliphatic heterocycles. The summed E-state index contributed by atoms with van der Waals surface area (Å²) in [4.78, 5) is 10.8. The van der Waals surface area contributed by atoms with Crippen LogP contribution in [-0.4, -0.2) is 28.2 Å². The van der Waals surface area contributed by atoms with Gasteiger partial charge in [-0.25, -0.2) is 9.97 Å². The van der Waals surface area contributed by atoms with E-state index in [9.17, 15) is 0 Å². The summed E-state index contributed by atoms with van der Waals surface area (Å²) in [7, 11) is 0. The van der Waals surface area contributed by atoms with E-state index < -0.39 is 0 Å². The molecule has 12 aromatic carbocycles. The second-order valence-corrected chi connectivity index (χ2v) is 21.3. The lowest BCUT2D eigenvalue weighted by Crippen LogP contribution is -2.01. The monoisotopic (exact) mass is 1040 g/mol. The van der Waals surface area contributed by atoms with E-state index in [0.29, 0.717) is 5.82 Å². The van der Waals surface area contributed by atoms with E-state index in [1.807, 2.05) is 12.1 Å². The highest BCUT2D eigenvalue weighted by Gasteiger charge is 2.24. The third-order valence-electron chi connectivity index (χ3n) is 16.7. The van der Waals surface area contributed by atoms with Crippen LogP contribution < -0.4 is 0 Å². The van der Waals surface area contributed by atoms with Gasteiger partial charge in [-0.15, -0.1) is 0 Å². The normalized spacial score (nSPS) is 11.9. The maximum atomic E-state index is 5.39. The number of hydrogen-bond donors (Lipinski definition) is 0. The van der Waals surface area contributed by atoms with Crippen molar-refractivity contribution in [2.45, 2.75) is 0 Å². The van der Waals surface area contributed by atoms with Crippen molar-refractivity contribution in [3.8, 4) is 67.8 Å². The summed E-state index contributed by atoms with van der Waals surface area (Å²) in [6.45, 7) is 0. The van der Waals surface area contributed by atoms with Crippen molar-refractivity contribution < 1.29 is 0 Å². The maximum Gasteiger partial charge on any atom is 0.160 e. The lowest BCUT2D eigenvalue weighted by atomic mass is 9.99. The van der Waals surface area contributed by atoms with Gasteiger partial charge in [0.1, 0.15) is 0 Å². The Balaban J connectivity index is 0.944. The molecule has 0 bridgehead atoms. The zero-order valence-electron chi connectivity index (χ0n) is 44.4. The lowest BCUT2D eigenvalue weighted by Gasteiger charge is -2.18. The van der Waals surface area contributed by atoms with Crippen LogP contribution in [0.3, 0.4) is 0 Å². The number of hydrogen-bond acceptors (Lipinski definition) is 2. The SMILES string of the molecule is c1ccc(-c2cc(-c3ccccc3)nc(-c3ccc(-n4c5ccccc5c5cc6c7ccccc7n(-c7ccccc7)c6cc54)c(-c4cccc(-n5c6ccccc6c6cc7c8ccccc8n(-c8ccccc8)c7cc65)c4)c3)n2)cc1. The first kappa shape index (κ1) is 45.9. The number of rotatable bonds is 8. The van der Waals surface area contributed by atoms with Crippen molar-refractivity contribution in [3.05, 3.63) is 291 Å². The Bertz CT molecular complexity index is 5320. The summed E-state index contributed by atoms with van der Waals surface area (Å²) in [6.07, 6.45) is 0. The van der Waals surface area contributed by atoms with Crippen molar-refractivity contribution in [2.75, 3.05) is 0 Å². The van der Waals surface area contributed by atoms with Gasteiger partial charge in [0.2, 0.25) is 0 Å². The lowest BCUT2D eigenvalue weighted by molar-refractivity contribution is 1.15. The average molecular weight is 1050 g/mol. The van der Waals surface area contributed by atoms with Crippen LogP contribution in [0.1, 0.15) is 0 Å². The molecular weight excluding hydrogens is 997 g/mol. The van der Waals surface area contributed by atoms with Gasteiger partial charge in [-0.05, 0) is 115 Å². The number of aromatic nitrogens is 6. The van der Waals surface area contributed by atoms with Gasteiger partial charge in [0.15, 0.2) is 5.82 Å². The molecule has 17 rings (SSSR count). The van der Waals surface area contributed by atoms with E-state index in [4.69, 9.17) is 9.97 Å². The molecule has 6 nitrogen and oxygen atoms in total. The summed E-state index contributed by atoms with van der Waals surface area (Å²) >= 11 is 0. The van der Waals surface area contributed by atoms with Crippen LogP contribution in [0.2, 0.25) is 0 Å².